The van der Waals surface area contributed by atoms with Crippen LogP contribution in [0.15, 0.2) is 53.3 Å². The Morgan fingerprint density at radius 2 is 1.88 bits per heavy atom. The third kappa shape index (κ3) is 9.94. The molecule has 1 aliphatic rings. The third-order valence-electron chi connectivity index (χ3n) is 5.53. The highest BCUT2D eigenvalue weighted by Crippen LogP contribution is 2.29. The van der Waals surface area contributed by atoms with Crippen LogP contribution >= 0.6 is 0 Å². The second-order valence-electron chi connectivity index (χ2n) is 7.93. The molecular formula is C26H36O6. The summed E-state index contributed by atoms with van der Waals surface area (Å²) < 4.78 is 10.1. The number of ether oxygens (including phenoxy) is 1. The number of furan rings is 1. The minimum Gasteiger partial charge on any atom is -0.478 e. The molecule has 2 unspecified atom stereocenters. The number of carbonyl (C=O) groups is 3. The van der Waals surface area contributed by atoms with Crippen molar-refractivity contribution in [3.05, 3.63) is 60.1 Å². The van der Waals surface area contributed by atoms with Gasteiger partial charge in [-0.25, -0.2) is 4.79 Å². The van der Waals surface area contributed by atoms with Crippen molar-refractivity contribution in [2.24, 2.45) is 11.8 Å². The second kappa shape index (κ2) is 15.0. The maximum absolute atomic E-state index is 11.2. The molecule has 0 saturated heterocycles. The third-order valence-corrected chi connectivity index (χ3v) is 5.53. The number of carboxylic acids is 1. The molecule has 0 radical (unpaired) electrons. The number of hydrogen-bond donors (Lipinski definition) is 1. The van der Waals surface area contributed by atoms with Crippen molar-refractivity contribution in [1.82, 2.24) is 0 Å². The quantitative estimate of drug-likeness (QED) is 0.513. The van der Waals surface area contributed by atoms with E-state index in [4.69, 9.17) is 14.3 Å². The highest BCUT2D eigenvalue weighted by molar-refractivity contribution is 5.87. The van der Waals surface area contributed by atoms with Gasteiger partial charge in [-0.3, -0.25) is 9.59 Å². The fourth-order valence-electron chi connectivity index (χ4n) is 3.63. The average Bonchev–Trinajstić information content (AvgIpc) is 3.32. The topological polar surface area (TPSA) is 93.8 Å². The Morgan fingerprint density at radius 1 is 1.19 bits per heavy atom. The van der Waals surface area contributed by atoms with E-state index in [0.29, 0.717) is 23.2 Å². The maximum Gasteiger partial charge on any atom is 0.335 e. The van der Waals surface area contributed by atoms with Gasteiger partial charge in [0.05, 0.1) is 18.1 Å². The Hall–Kier alpha value is -2.89. The molecule has 3 rings (SSSR count). The summed E-state index contributed by atoms with van der Waals surface area (Å²) in [6.45, 7) is 7.73. The first kappa shape index (κ1) is 27.1. The lowest BCUT2D eigenvalue weighted by Crippen LogP contribution is -2.25. The van der Waals surface area contributed by atoms with Gasteiger partial charge in [0.25, 0.3) is 0 Å². The van der Waals surface area contributed by atoms with Gasteiger partial charge >= 0.3 is 11.9 Å². The monoisotopic (exact) mass is 444 g/mol. The second-order valence-corrected chi connectivity index (χ2v) is 7.93. The number of carbonyl (C=O) groups excluding carboxylic acids is 2. The summed E-state index contributed by atoms with van der Waals surface area (Å²) in [6, 6.07) is 10.1. The van der Waals surface area contributed by atoms with E-state index in [1.165, 1.54) is 19.8 Å². The predicted molar refractivity (Wildman–Crippen MR) is 123 cm³/mol. The van der Waals surface area contributed by atoms with Crippen LogP contribution in [0.5, 0.6) is 0 Å². The van der Waals surface area contributed by atoms with Crippen molar-refractivity contribution in [2.75, 3.05) is 0 Å². The van der Waals surface area contributed by atoms with E-state index in [2.05, 4.69) is 20.8 Å². The van der Waals surface area contributed by atoms with Gasteiger partial charge in [0.2, 0.25) is 0 Å². The van der Waals surface area contributed by atoms with Crippen molar-refractivity contribution in [1.29, 1.82) is 0 Å². The zero-order chi connectivity index (χ0) is 23.9. The van der Waals surface area contributed by atoms with Crippen LogP contribution in [0, 0.1) is 11.8 Å². The lowest BCUT2D eigenvalue weighted by atomic mass is 9.78. The highest BCUT2D eigenvalue weighted by Gasteiger charge is 2.26. The first-order valence-electron chi connectivity index (χ1n) is 11.3. The molecular weight excluding hydrogens is 408 g/mol. The Balaban J connectivity index is 0.000000245. The molecule has 1 aromatic carbocycles. The molecule has 1 fully saturated rings. The fraction of sp³-hybridized carbons (Fsp3) is 0.500. The van der Waals surface area contributed by atoms with Crippen molar-refractivity contribution in [3.63, 3.8) is 0 Å². The van der Waals surface area contributed by atoms with E-state index < -0.39 is 5.97 Å². The molecule has 0 amide bonds. The number of esters is 1. The first-order chi connectivity index (χ1) is 15.3. The normalized spacial score (nSPS) is 18.3. The van der Waals surface area contributed by atoms with E-state index >= 15 is 0 Å². The van der Waals surface area contributed by atoms with Crippen LogP contribution in [0.1, 0.15) is 88.2 Å². The zero-order valence-corrected chi connectivity index (χ0v) is 19.6. The van der Waals surface area contributed by atoms with E-state index in [9.17, 15) is 14.4 Å². The molecule has 176 valence electrons. The van der Waals surface area contributed by atoms with Crippen LogP contribution in [0.4, 0.5) is 0 Å². The number of aromatic carboxylic acids is 1. The summed E-state index contributed by atoms with van der Waals surface area (Å²) in [5.41, 5.74) is 1.26. The molecule has 6 heteroatoms. The van der Waals surface area contributed by atoms with Gasteiger partial charge in [-0.15, -0.1) is 0 Å². The van der Waals surface area contributed by atoms with Crippen LogP contribution in [0.25, 0.3) is 0 Å². The molecule has 6 nitrogen and oxygen atoms in total. The minimum absolute atomic E-state index is 0.152. The lowest BCUT2D eigenvalue weighted by Gasteiger charge is -2.26. The predicted octanol–water partition coefficient (Wildman–Crippen LogP) is 6.47. The van der Waals surface area contributed by atoms with Crippen molar-refractivity contribution in [2.45, 2.75) is 72.3 Å². The Labute approximate surface area is 191 Å². The molecule has 1 aliphatic carbocycles. The average molecular weight is 445 g/mol. The van der Waals surface area contributed by atoms with Crippen molar-refractivity contribution in [3.8, 4) is 0 Å². The van der Waals surface area contributed by atoms with Crippen molar-refractivity contribution >= 4 is 17.7 Å². The van der Waals surface area contributed by atoms with Crippen LogP contribution in [-0.2, 0) is 14.3 Å². The van der Waals surface area contributed by atoms with Crippen LogP contribution < -0.4 is 0 Å². The number of benzene rings is 1. The molecule has 1 heterocycles. The van der Waals surface area contributed by atoms with Gasteiger partial charge < -0.3 is 14.3 Å². The summed E-state index contributed by atoms with van der Waals surface area (Å²) in [6.07, 6.45) is 9.25. The number of hydrogen-bond acceptors (Lipinski definition) is 5. The summed E-state index contributed by atoms with van der Waals surface area (Å²) in [7, 11) is 0. The molecule has 32 heavy (non-hydrogen) atoms. The summed E-state index contributed by atoms with van der Waals surface area (Å²) in [4.78, 5) is 32.1. The van der Waals surface area contributed by atoms with Gasteiger partial charge in [-0.05, 0) is 43.4 Å². The van der Waals surface area contributed by atoms with Gasteiger partial charge in [-0.2, -0.15) is 0 Å². The smallest absolute Gasteiger partial charge is 0.335 e. The molecule has 0 spiro atoms. The SMILES string of the molecule is CCC1CCCC(=O)[C@@H]1C.CCCC(OC(C)=O)c1ccoc1.O=C(O)c1ccccc1. The van der Waals surface area contributed by atoms with Crippen LogP contribution in [0.3, 0.4) is 0 Å². The van der Waals surface area contributed by atoms with E-state index in [1.54, 1.807) is 42.9 Å². The zero-order valence-electron chi connectivity index (χ0n) is 19.6. The molecule has 0 aliphatic heterocycles. The number of rotatable bonds is 6. The molecule has 2 aromatic rings. The summed E-state index contributed by atoms with van der Waals surface area (Å²) in [5, 5.41) is 8.38. The standard InChI is InChI=1S/C10H14O3.C9H16O.C7H6O2/c1-3-4-10(13-8(2)11)9-5-6-12-7-9;1-3-8-5-4-6-9(10)7(8)2;8-7(9)6-4-2-1-3-5-6/h5-7,10H,3-4H2,1-2H3;7-8H,3-6H2,1-2H3;1-5H,(H,8,9)/t;7-,8?;/m.1./s1. The Morgan fingerprint density at radius 3 is 2.31 bits per heavy atom. The molecule has 1 N–H and O–H groups in total. The van der Waals surface area contributed by atoms with Crippen LogP contribution in [0.2, 0.25) is 0 Å². The maximum atomic E-state index is 11.2. The largest absolute Gasteiger partial charge is 0.478 e. The van der Waals surface area contributed by atoms with E-state index in [1.807, 2.05) is 6.07 Å². The van der Waals surface area contributed by atoms with Gasteiger partial charge in [0.1, 0.15) is 11.9 Å². The number of ketones is 1. The number of carboxylic acid groups (broad SMARTS) is 1. The fourth-order valence-corrected chi connectivity index (χ4v) is 3.63. The highest BCUT2D eigenvalue weighted by atomic mass is 16.5. The number of Topliss-reactive ketones (excluding diaryl/α,β-unsaturated/α-hetero) is 1. The molecule has 1 saturated carbocycles. The summed E-state index contributed by atoms with van der Waals surface area (Å²) in [5.74, 6) is 0.383. The minimum atomic E-state index is -0.879. The molecule has 0 bridgehead atoms. The van der Waals surface area contributed by atoms with Gasteiger partial charge in [0.15, 0.2) is 0 Å². The summed E-state index contributed by atoms with van der Waals surface area (Å²) >= 11 is 0. The molecule has 1 aromatic heterocycles. The Kier molecular flexibility index (Phi) is 12.7. The first-order valence-corrected chi connectivity index (χ1v) is 11.3. The lowest BCUT2D eigenvalue weighted by molar-refractivity contribution is -0.147. The van der Waals surface area contributed by atoms with Crippen LogP contribution in [-0.4, -0.2) is 22.8 Å². The van der Waals surface area contributed by atoms with E-state index in [0.717, 1.165) is 31.2 Å². The van der Waals surface area contributed by atoms with Gasteiger partial charge in [-0.1, -0.05) is 51.8 Å². The van der Waals surface area contributed by atoms with Crippen molar-refractivity contribution < 1.29 is 28.6 Å². The Bertz CT molecular complexity index is 797. The van der Waals surface area contributed by atoms with Gasteiger partial charge in [0, 0.05) is 24.8 Å². The molecule has 3 atom stereocenters. The van der Waals surface area contributed by atoms with E-state index in [-0.39, 0.29) is 12.1 Å².